The van der Waals surface area contributed by atoms with Gasteiger partial charge in [0.2, 0.25) is 5.78 Å². The Hall–Kier alpha value is -2.80. The minimum atomic E-state index is -3.65. The van der Waals surface area contributed by atoms with Crippen LogP contribution in [0, 0.1) is 0 Å². The first-order chi connectivity index (χ1) is 11.4. The third-order valence-electron chi connectivity index (χ3n) is 3.28. The fourth-order valence-corrected chi connectivity index (χ4v) is 2.73. The number of methoxy groups -OCH3 is 1. The second kappa shape index (κ2) is 6.01. The maximum absolute atomic E-state index is 12.4. The fourth-order valence-electron chi connectivity index (χ4n) is 2.28. The zero-order valence-corrected chi connectivity index (χ0v) is 13.8. The molecule has 0 aromatic heterocycles. The Morgan fingerprint density at radius 3 is 2.58 bits per heavy atom. The Labute approximate surface area is 139 Å². The summed E-state index contributed by atoms with van der Waals surface area (Å²) in [4.78, 5) is 12.4. The SMILES string of the molecule is COc1cccc(/C=C2\Oc3cc(OS(C)(=O)=O)ccc3C2=O)c1. The number of Topliss-reactive ketones (excluding diaryl/α,β-unsaturated/α-hetero) is 1. The van der Waals surface area contributed by atoms with E-state index in [1.807, 2.05) is 6.07 Å². The van der Waals surface area contributed by atoms with Crippen LogP contribution in [0.5, 0.6) is 17.2 Å². The molecule has 2 aromatic carbocycles. The zero-order chi connectivity index (χ0) is 17.3. The van der Waals surface area contributed by atoms with E-state index in [2.05, 4.69) is 0 Å². The summed E-state index contributed by atoms with van der Waals surface area (Å²) in [6.45, 7) is 0. The number of ketones is 1. The number of ether oxygens (including phenoxy) is 2. The van der Waals surface area contributed by atoms with E-state index in [1.165, 1.54) is 18.2 Å². The van der Waals surface area contributed by atoms with E-state index < -0.39 is 10.1 Å². The van der Waals surface area contributed by atoms with E-state index in [0.29, 0.717) is 11.3 Å². The summed E-state index contributed by atoms with van der Waals surface area (Å²) in [6.07, 6.45) is 2.54. The largest absolute Gasteiger partial charge is 0.497 e. The van der Waals surface area contributed by atoms with Crippen LogP contribution in [-0.2, 0) is 10.1 Å². The van der Waals surface area contributed by atoms with Gasteiger partial charge in [-0.1, -0.05) is 12.1 Å². The second-order valence-electron chi connectivity index (χ2n) is 5.16. The predicted molar refractivity (Wildman–Crippen MR) is 87.8 cm³/mol. The van der Waals surface area contributed by atoms with Gasteiger partial charge in [0, 0.05) is 6.07 Å². The number of allylic oxidation sites excluding steroid dienone is 1. The van der Waals surface area contributed by atoms with E-state index in [9.17, 15) is 13.2 Å². The van der Waals surface area contributed by atoms with Crippen molar-refractivity contribution < 1.29 is 26.9 Å². The van der Waals surface area contributed by atoms with Crippen LogP contribution in [0.1, 0.15) is 15.9 Å². The van der Waals surface area contributed by atoms with Crippen molar-refractivity contribution in [3.05, 3.63) is 59.4 Å². The summed E-state index contributed by atoms with van der Waals surface area (Å²) in [5.74, 6) is 0.881. The molecule has 1 aliphatic rings. The second-order valence-corrected chi connectivity index (χ2v) is 6.74. The van der Waals surface area contributed by atoms with E-state index in [0.717, 1.165) is 11.8 Å². The number of fused-ring (bicyclic) bond motifs is 1. The molecular formula is C17H14O6S. The molecule has 0 fully saturated rings. The summed E-state index contributed by atoms with van der Waals surface area (Å²) < 4.78 is 37.8. The molecule has 24 heavy (non-hydrogen) atoms. The van der Waals surface area contributed by atoms with Crippen LogP contribution in [0.15, 0.2) is 48.2 Å². The third-order valence-corrected chi connectivity index (χ3v) is 3.78. The first-order valence-corrected chi connectivity index (χ1v) is 8.79. The van der Waals surface area contributed by atoms with E-state index in [1.54, 1.807) is 31.4 Å². The lowest BCUT2D eigenvalue weighted by Crippen LogP contribution is -2.05. The van der Waals surface area contributed by atoms with Gasteiger partial charge in [-0.05, 0) is 35.9 Å². The summed E-state index contributed by atoms with van der Waals surface area (Å²) in [5, 5.41) is 0. The van der Waals surface area contributed by atoms with Crippen molar-refractivity contribution in [3.8, 4) is 17.2 Å². The maximum atomic E-state index is 12.4. The molecule has 0 amide bonds. The lowest BCUT2D eigenvalue weighted by molar-refractivity contribution is 0.101. The molecule has 0 aliphatic carbocycles. The van der Waals surface area contributed by atoms with Crippen molar-refractivity contribution in [3.63, 3.8) is 0 Å². The highest BCUT2D eigenvalue weighted by Gasteiger charge is 2.28. The van der Waals surface area contributed by atoms with Crippen LogP contribution >= 0.6 is 0 Å². The lowest BCUT2D eigenvalue weighted by atomic mass is 10.1. The van der Waals surface area contributed by atoms with Crippen molar-refractivity contribution >= 4 is 22.0 Å². The predicted octanol–water partition coefficient (Wildman–Crippen LogP) is 2.65. The number of benzene rings is 2. The Kier molecular flexibility index (Phi) is 4.02. The molecule has 2 aromatic rings. The number of hydrogen-bond acceptors (Lipinski definition) is 6. The van der Waals surface area contributed by atoms with Gasteiger partial charge < -0.3 is 13.7 Å². The molecule has 0 atom stereocenters. The first kappa shape index (κ1) is 16.1. The monoisotopic (exact) mass is 346 g/mol. The molecule has 124 valence electrons. The molecule has 1 aliphatic heterocycles. The van der Waals surface area contributed by atoms with Crippen molar-refractivity contribution in [2.24, 2.45) is 0 Å². The highest BCUT2D eigenvalue weighted by Crippen LogP contribution is 2.35. The first-order valence-electron chi connectivity index (χ1n) is 6.97. The summed E-state index contributed by atoms with van der Waals surface area (Å²) >= 11 is 0. The molecule has 0 unspecified atom stereocenters. The van der Waals surface area contributed by atoms with Crippen molar-refractivity contribution in [2.45, 2.75) is 0 Å². The molecular weight excluding hydrogens is 332 g/mol. The number of carbonyl (C=O) groups excluding carboxylic acids is 1. The topological polar surface area (TPSA) is 78.9 Å². The van der Waals surface area contributed by atoms with Gasteiger partial charge in [0.05, 0.1) is 18.9 Å². The Morgan fingerprint density at radius 1 is 1.08 bits per heavy atom. The Bertz CT molecular complexity index is 943. The van der Waals surface area contributed by atoms with Crippen LogP contribution in [0.4, 0.5) is 0 Å². The van der Waals surface area contributed by atoms with E-state index >= 15 is 0 Å². The standard InChI is InChI=1S/C17H14O6S/c1-21-12-5-3-4-11(8-12)9-16-17(18)14-7-6-13(10-15(14)22-16)23-24(2,19)20/h3-10H,1-2H3/b16-9-. The minimum Gasteiger partial charge on any atom is -0.497 e. The number of carbonyl (C=O) groups is 1. The van der Waals surface area contributed by atoms with Crippen LogP contribution in [0.25, 0.3) is 6.08 Å². The van der Waals surface area contributed by atoms with Gasteiger partial charge >= 0.3 is 10.1 Å². The zero-order valence-electron chi connectivity index (χ0n) is 13.0. The normalized spacial score (nSPS) is 15.1. The molecule has 7 heteroatoms. The highest BCUT2D eigenvalue weighted by molar-refractivity contribution is 7.86. The van der Waals surface area contributed by atoms with Gasteiger partial charge in [-0.2, -0.15) is 8.42 Å². The molecule has 0 bridgehead atoms. The molecule has 0 saturated heterocycles. The van der Waals surface area contributed by atoms with Gasteiger partial charge in [-0.25, -0.2) is 0 Å². The van der Waals surface area contributed by atoms with Crippen molar-refractivity contribution in [1.29, 1.82) is 0 Å². The van der Waals surface area contributed by atoms with E-state index in [-0.39, 0.29) is 23.0 Å². The molecule has 0 spiro atoms. The molecule has 1 heterocycles. The Morgan fingerprint density at radius 2 is 1.88 bits per heavy atom. The van der Waals surface area contributed by atoms with Crippen LogP contribution in [0.2, 0.25) is 0 Å². The van der Waals surface area contributed by atoms with E-state index in [4.69, 9.17) is 13.7 Å². The van der Waals surface area contributed by atoms with Crippen molar-refractivity contribution in [1.82, 2.24) is 0 Å². The summed E-state index contributed by atoms with van der Waals surface area (Å²) in [7, 11) is -2.09. The molecule has 6 nitrogen and oxygen atoms in total. The molecule has 0 saturated carbocycles. The van der Waals surface area contributed by atoms with Gasteiger partial charge in [-0.15, -0.1) is 0 Å². The van der Waals surface area contributed by atoms with Gasteiger partial charge in [-0.3, -0.25) is 4.79 Å². The maximum Gasteiger partial charge on any atom is 0.306 e. The van der Waals surface area contributed by atoms with Crippen molar-refractivity contribution in [2.75, 3.05) is 13.4 Å². The van der Waals surface area contributed by atoms with Gasteiger partial charge in [0.25, 0.3) is 0 Å². The van der Waals surface area contributed by atoms with Crippen LogP contribution in [-0.4, -0.2) is 27.6 Å². The number of hydrogen-bond donors (Lipinski definition) is 0. The average Bonchev–Trinajstić information content (AvgIpc) is 2.81. The lowest BCUT2D eigenvalue weighted by Gasteiger charge is -2.04. The molecule has 0 radical (unpaired) electrons. The summed E-state index contributed by atoms with van der Waals surface area (Å²) in [5.41, 5.74) is 1.10. The minimum absolute atomic E-state index is 0.0895. The van der Waals surface area contributed by atoms with Gasteiger partial charge in [0.15, 0.2) is 5.76 Å². The third kappa shape index (κ3) is 3.41. The number of rotatable bonds is 4. The van der Waals surface area contributed by atoms with Crippen LogP contribution < -0.4 is 13.7 Å². The van der Waals surface area contributed by atoms with Crippen LogP contribution in [0.3, 0.4) is 0 Å². The average molecular weight is 346 g/mol. The van der Waals surface area contributed by atoms with Gasteiger partial charge in [0.1, 0.15) is 17.2 Å². The quantitative estimate of drug-likeness (QED) is 0.625. The fraction of sp³-hybridized carbons (Fsp3) is 0.118. The Balaban J connectivity index is 1.91. The molecule has 3 rings (SSSR count). The smallest absolute Gasteiger partial charge is 0.306 e. The molecule has 0 N–H and O–H groups in total. The highest BCUT2D eigenvalue weighted by atomic mass is 32.2. The summed E-state index contributed by atoms with van der Waals surface area (Å²) in [6, 6.07) is 11.4.